The summed E-state index contributed by atoms with van der Waals surface area (Å²) >= 11 is 8.32. The summed E-state index contributed by atoms with van der Waals surface area (Å²) in [5.41, 5.74) is 7.35. The maximum Gasteiger partial charge on any atom is 0.352 e. The monoisotopic (exact) mass is 620 g/mol. The number of oxime groups is 1. The highest BCUT2D eigenvalue weighted by Gasteiger charge is 2.55. The van der Waals surface area contributed by atoms with Crippen molar-refractivity contribution in [2.45, 2.75) is 31.0 Å². The second-order valence-electron chi connectivity index (χ2n) is 9.15. The molecule has 0 saturated carbocycles. The number of anilines is 1. The Kier molecular flexibility index (Phi) is 7.63. The topological polar surface area (TPSA) is 193 Å². The first-order chi connectivity index (χ1) is 19.5. The maximum absolute atomic E-state index is 13.2. The number of carboxylic acids is 2. The van der Waals surface area contributed by atoms with Crippen molar-refractivity contribution in [2.24, 2.45) is 12.2 Å². The van der Waals surface area contributed by atoms with Crippen LogP contribution in [0.1, 0.15) is 12.6 Å². The van der Waals surface area contributed by atoms with E-state index in [-0.39, 0.29) is 27.4 Å². The smallest absolute Gasteiger partial charge is 0.352 e. The maximum atomic E-state index is 13.2. The molecule has 0 aromatic carbocycles. The van der Waals surface area contributed by atoms with Crippen molar-refractivity contribution in [1.82, 2.24) is 19.8 Å². The number of fused-ring (bicyclic) bond motifs is 2. The largest absolute Gasteiger partial charge is 0.478 e. The summed E-state index contributed by atoms with van der Waals surface area (Å²) in [7, 11) is 1.91. The lowest BCUT2D eigenvalue weighted by atomic mass is 10.0. The highest BCUT2D eigenvalue weighted by atomic mass is 35.5. The van der Waals surface area contributed by atoms with E-state index in [2.05, 4.69) is 15.5 Å². The fraction of sp³-hybridized carbons (Fsp3) is 0.292. The number of hydrogen-bond donors (Lipinski definition) is 4. The standard InChI is InChI=1S/C24H22ClN7O7S2/c1-10(22(35)36)39-29-15(14-18(25)41-24(26)28-14)19(33)27-16-20(34)32-17(23(37)38)11(9-40-21(16)32)8-31-6-3-4-12-13(31)5-7-30(12)2/h3-7,10,16,21H,8-9H2,1-2H3,(H4-,26,27,28,33,35,36,37,38)/p+1/t10-,16+,21?/m0/s1. The van der Waals surface area contributed by atoms with Gasteiger partial charge in [0.25, 0.3) is 11.8 Å². The lowest BCUT2D eigenvalue weighted by Crippen LogP contribution is -2.71. The Morgan fingerprint density at radius 2 is 2.12 bits per heavy atom. The van der Waals surface area contributed by atoms with Gasteiger partial charge in [0.15, 0.2) is 23.6 Å². The summed E-state index contributed by atoms with van der Waals surface area (Å²) in [6, 6.07) is 4.65. The molecule has 2 amide bonds. The normalized spacial score (nSPS) is 19.5. The van der Waals surface area contributed by atoms with Gasteiger partial charge in [-0.05, 0) is 13.0 Å². The highest BCUT2D eigenvalue weighted by Crippen LogP contribution is 2.40. The molecule has 1 fully saturated rings. The average Bonchev–Trinajstić information content (AvgIpc) is 3.47. The molecule has 0 radical (unpaired) electrons. The molecule has 0 spiro atoms. The van der Waals surface area contributed by atoms with E-state index in [4.69, 9.17) is 27.3 Å². The minimum Gasteiger partial charge on any atom is -0.478 e. The minimum absolute atomic E-state index is 0.00302. The zero-order valence-electron chi connectivity index (χ0n) is 21.5. The van der Waals surface area contributed by atoms with Crippen molar-refractivity contribution < 1.29 is 38.8 Å². The Morgan fingerprint density at radius 3 is 2.78 bits per heavy atom. The third kappa shape index (κ3) is 5.20. The number of hydrogen-bond acceptors (Lipinski definition) is 10. The molecule has 1 saturated heterocycles. The van der Waals surface area contributed by atoms with Crippen LogP contribution in [0.2, 0.25) is 4.34 Å². The van der Waals surface area contributed by atoms with Crippen LogP contribution >= 0.6 is 34.7 Å². The second kappa shape index (κ2) is 11.0. The molecule has 17 heteroatoms. The van der Waals surface area contributed by atoms with Crippen LogP contribution in [0.3, 0.4) is 0 Å². The van der Waals surface area contributed by atoms with E-state index in [0.717, 1.165) is 27.3 Å². The Labute approximate surface area is 245 Å². The molecule has 3 aromatic heterocycles. The number of nitrogens with zero attached hydrogens (tertiary/aromatic N) is 5. The first kappa shape index (κ1) is 28.4. The Hall–Kier alpha value is -4.15. The molecular weight excluding hydrogens is 598 g/mol. The van der Waals surface area contributed by atoms with Gasteiger partial charge in [0, 0.05) is 36.7 Å². The Bertz CT molecular complexity index is 1670. The highest BCUT2D eigenvalue weighted by molar-refractivity contribution is 8.00. The number of nitrogens with two attached hydrogens (primary N) is 1. The first-order valence-electron chi connectivity index (χ1n) is 12.0. The van der Waals surface area contributed by atoms with Gasteiger partial charge in [-0.3, -0.25) is 14.5 Å². The molecule has 0 bridgehead atoms. The van der Waals surface area contributed by atoms with Gasteiger partial charge < -0.3 is 30.7 Å². The predicted octanol–water partition coefficient (Wildman–Crippen LogP) is 0.791. The van der Waals surface area contributed by atoms with Gasteiger partial charge in [-0.1, -0.05) is 28.1 Å². The molecule has 3 aromatic rings. The number of aromatic nitrogens is 3. The zero-order valence-corrected chi connectivity index (χ0v) is 23.9. The fourth-order valence-corrected chi connectivity index (χ4v) is 6.75. The SMILES string of the molecule is C[C@H](ON=C(C(=O)N[C@@H]1C(=O)N2C(C(=O)O)=C(C[n+]3cccc4c3ccn4C)CSC12)c1nc(N)sc1Cl)C(=O)O. The third-order valence-corrected chi connectivity index (χ3v) is 8.94. The predicted molar refractivity (Wildman–Crippen MR) is 149 cm³/mol. The van der Waals surface area contributed by atoms with Gasteiger partial charge in [-0.15, -0.1) is 11.8 Å². The zero-order chi connectivity index (χ0) is 29.6. The average molecular weight is 621 g/mol. The number of nitrogens with one attached hydrogen (secondary N) is 1. The quantitative estimate of drug-likeness (QED) is 0.115. The second-order valence-corrected chi connectivity index (χ2v) is 11.9. The summed E-state index contributed by atoms with van der Waals surface area (Å²) in [5.74, 6) is -3.84. The van der Waals surface area contributed by atoms with Crippen LogP contribution in [0.4, 0.5) is 5.13 Å². The van der Waals surface area contributed by atoms with E-state index in [0.29, 0.717) is 11.3 Å². The molecule has 2 aliphatic rings. The number of rotatable bonds is 9. The van der Waals surface area contributed by atoms with Crippen molar-refractivity contribution in [2.75, 3.05) is 11.5 Å². The number of thioether (sulfide) groups is 1. The number of carbonyl (C=O) groups excluding carboxylic acids is 2. The van der Waals surface area contributed by atoms with Crippen molar-refractivity contribution >= 4 is 80.3 Å². The van der Waals surface area contributed by atoms with Crippen LogP contribution < -0.4 is 15.6 Å². The summed E-state index contributed by atoms with van der Waals surface area (Å²) in [5, 5.41) is 24.7. The number of aryl methyl sites for hydroxylation is 1. The first-order valence-corrected chi connectivity index (χ1v) is 14.2. The van der Waals surface area contributed by atoms with Gasteiger partial charge >= 0.3 is 11.9 Å². The van der Waals surface area contributed by atoms with Crippen molar-refractivity contribution in [3.05, 3.63) is 51.9 Å². The van der Waals surface area contributed by atoms with Crippen LogP contribution in [0.25, 0.3) is 11.0 Å². The Balaban J connectivity index is 1.39. The number of carboxylic acid groups (broad SMARTS) is 2. The number of amides is 2. The number of thiazole rings is 1. The fourth-order valence-electron chi connectivity index (χ4n) is 4.48. The third-order valence-electron chi connectivity index (χ3n) is 6.52. The van der Waals surface area contributed by atoms with Crippen LogP contribution in [-0.2, 0) is 37.6 Å². The van der Waals surface area contributed by atoms with E-state index >= 15 is 0 Å². The van der Waals surface area contributed by atoms with Gasteiger partial charge in [-0.25, -0.2) is 14.6 Å². The molecule has 1 unspecified atom stereocenters. The molecule has 14 nitrogen and oxygen atoms in total. The molecular formula is C24H23ClN7O7S2+. The summed E-state index contributed by atoms with van der Waals surface area (Å²) in [6.45, 7) is 1.46. The van der Waals surface area contributed by atoms with Gasteiger partial charge in [-0.2, -0.15) is 4.57 Å². The van der Waals surface area contributed by atoms with E-state index in [9.17, 15) is 24.3 Å². The van der Waals surface area contributed by atoms with E-state index in [1.165, 1.54) is 18.7 Å². The summed E-state index contributed by atoms with van der Waals surface area (Å²) in [4.78, 5) is 60.0. The van der Waals surface area contributed by atoms with Crippen LogP contribution in [0.15, 0.2) is 47.0 Å². The van der Waals surface area contributed by atoms with E-state index in [1.54, 1.807) is 0 Å². The number of aliphatic carboxylic acids is 2. The van der Waals surface area contributed by atoms with Crippen LogP contribution in [-0.4, -0.2) is 77.4 Å². The van der Waals surface area contributed by atoms with E-state index in [1.807, 2.05) is 46.8 Å². The molecule has 5 rings (SSSR count). The number of halogens is 1. The molecule has 5 heterocycles. The number of β-lactam (4-membered cyclic amide) rings is 1. The van der Waals surface area contributed by atoms with Crippen molar-refractivity contribution in [3.63, 3.8) is 0 Å². The number of carbonyl (C=O) groups is 4. The molecule has 5 N–H and O–H groups in total. The molecule has 214 valence electrons. The van der Waals surface area contributed by atoms with Crippen LogP contribution in [0, 0.1) is 0 Å². The van der Waals surface area contributed by atoms with E-state index < -0.39 is 47.0 Å². The number of pyridine rings is 1. The summed E-state index contributed by atoms with van der Waals surface area (Å²) < 4.78 is 3.87. The van der Waals surface area contributed by atoms with Crippen molar-refractivity contribution in [3.8, 4) is 0 Å². The van der Waals surface area contributed by atoms with Gasteiger partial charge in [0.1, 0.15) is 32.7 Å². The number of nitrogen functional groups attached to an aromatic ring is 1. The molecule has 41 heavy (non-hydrogen) atoms. The molecule has 2 aliphatic heterocycles. The lowest BCUT2D eigenvalue weighted by Gasteiger charge is -2.49. The molecule has 0 aliphatic carbocycles. The van der Waals surface area contributed by atoms with Gasteiger partial charge in [0.2, 0.25) is 11.6 Å². The molecule has 3 atom stereocenters. The summed E-state index contributed by atoms with van der Waals surface area (Å²) in [6.07, 6.45) is 2.35. The lowest BCUT2D eigenvalue weighted by molar-refractivity contribution is -0.663. The van der Waals surface area contributed by atoms with Crippen molar-refractivity contribution in [1.29, 1.82) is 0 Å². The van der Waals surface area contributed by atoms with Gasteiger partial charge in [0.05, 0.1) is 0 Å². The Morgan fingerprint density at radius 1 is 1.37 bits per heavy atom. The van der Waals surface area contributed by atoms with Crippen LogP contribution in [0.5, 0.6) is 0 Å². The minimum atomic E-state index is -1.40.